The van der Waals surface area contributed by atoms with Gasteiger partial charge in [0.15, 0.2) is 5.82 Å². The van der Waals surface area contributed by atoms with E-state index in [2.05, 4.69) is 22.0 Å². The van der Waals surface area contributed by atoms with Crippen LogP contribution in [0.5, 0.6) is 0 Å². The summed E-state index contributed by atoms with van der Waals surface area (Å²) in [7, 11) is 0. The quantitative estimate of drug-likeness (QED) is 0.582. The number of nitrogens with zero attached hydrogens (tertiary/aromatic N) is 1. The number of rotatable bonds is 4. The van der Waals surface area contributed by atoms with Crippen molar-refractivity contribution in [1.29, 1.82) is 0 Å². The molecule has 1 aliphatic rings. The Morgan fingerprint density at radius 2 is 2.05 bits per heavy atom. The van der Waals surface area contributed by atoms with Crippen molar-refractivity contribution in [2.45, 2.75) is 37.0 Å². The molecule has 0 radical (unpaired) electrons. The van der Waals surface area contributed by atoms with Crippen LogP contribution < -0.4 is 16.6 Å². The van der Waals surface area contributed by atoms with E-state index in [0.29, 0.717) is 33.0 Å². The minimum absolute atomic E-state index is 0.406. The van der Waals surface area contributed by atoms with E-state index < -0.39 is 0 Å². The Morgan fingerprint density at radius 1 is 1.32 bits per heavy atom. The van der Waals surface area contributed by atoms with Crippen LogP contribution in [0, 0.1) is 0 Å². The molecule has 2 rings (SSSR count). The zero-order chi connectivity index (χ0) is 13.8. The van der Waals surface area contributed by atoms with Crippen molar-refractivity contribution >= 4 is 46.6 Å². The molecule has 1 aliphatic carbocycles. The number of nitrogens with one attached hydrogen (secondary N) is 2. The van der Waals surface area contributed by atoms with Gasteiger partial charge in [0.25, 0.3) is 0 Å². The van der Waals surface area contributed by atoms with Gasteiger partial charge < -0.3 is 10.7 Å². The van der Waals surface area contributed by atoms with Gasteiger partial charge in [0.1, 0.15) is 5.82 Å². The topological polar surface area (TPSA) is 63.0 Å². The first kappa shape index (κ1) is 15.0. The maximum atomic E-state index is 6.16. The zero-order valence-electron chi connectivity index (χ0n) is 10.7. The van der Waals surface area contributed by atoms with Crippen LogP contribution in [-0.2, 0) is 0 Å². The van der Waals surface area contributed by atoms with Crippen LogP contribution in [0.4, 0.5) is 11.6 Å². The van der Waals surface area contributed by atoms with E-state index in [9.17, 15) is 0 Å². The molecule has 1 heterocycles. The van der Waals surface area contributed by atoms with Crippen LogP contribution in [-0.4, -0.2) is 22.5 Å². The van der Waals surface area contributed by atoms with E-state index in [1.165, 1.54) is 12.8 Å². The molecule has 0 aliphatic heterocycles. The molecular weight excluding hydrogens is 303 g/mol. The van der Waals surface area contributed by atoms with Gasteiger partial charge in [0.2, 0.25) is 0 Å². The number of hydrogen-bond acceptors (Lipinski definition) is 5. The van der Waals surface area contributed by atoms with Crippen molar-refractivity contribution in [1.82, 2.24) is 4.98 Å². The summed E-state index contributed by atoms with van der Waals surface area (Å²) in [5.41, 5.74) is 2.47. The third-order valence-electron chi connectivity index (χ3n) is 3.37. The number of hydrogen-bond donors (Lipinski definition) is 3. The van der Waals surface area contributed by atoms with E-state index >= 15 is 0 Å². The molecular formula is C12H18Cl2N4S. The fourth-order valence-electron chi connectivity index (χ4n) is 2.35. The van der Waals surface area contributed by atoms with Crippen molar-refractivity contribution in [2.24, 2.45) is 5.84 Å². The van der Waals surface area contributed by atoms with E-state index in [1.807, 2.05) is 11.8 Å². The largest absolute Gasteiger partial charge is 0.366 e. The summed E-state index contributed by atoms with van der Waals surface area (Å²) in [5, 5.41) is 5.06. The first-order valence-corrected chi connectivity index (χ1v) is 8.30. The van der Waals surface area contributed by atoms with Crippen molar-refractivity contribution in [3.8, 4) is 0 Å². The Bertz CT molecular complexity index is 444. The number of hydrazine groups is 1. The Kier molecular flexibility index (Phi) is 5.45. The number of aromatic nitrogens is 1. The molecule has 19 heavy (non-hydrogen) atoms. The predicted octanol–water partition coefficient (Wildman–Crippen LogP) is 3.76. The Hall–Kier alpha value is -0.360. The number of anilines is 2. The summed E-state index contributed by atoms with van der Waals surface area (Å²) in [6.07, 6.45) is 6.96. The first-order chi connectivity index (χ1) is 9.13. The second-order valence-corrected chi connectivity index (χ2v) is 6.61. The highest BCUT2D eigenvalue weighted by Gasteiger charge is 2.22. The molecule has 1 saturated carbocycles. The van der Waals surface area contributed by atoms with Gasteiger partial charge in [-0.05, 0) is 31.6 Å². The number of halogens is 2. The van der Waals surface area contributed by atoms with Gasteiger partial charge >= 0.3 is 0 Å². The van der Waals surface area contributed by atoms with Gasteiger partial charge in [-0.3, -0.25) is 0 Å². The second kappa shape index (κ2) is 6.88. The number of nitrogen functional groups attached to an aromatic ring is 1. The van der Waals surface area contributed by atoms with Crippen molar-refractivity contribution in [2.75, 3.05) is 17.0 Å². The summed E-state index contributed by atoms with van der Waals surface area (Å²) in [6.45, 7) is 0. The third-order valence-corrected chi connectivity index (χ3v) is 5.04. The maximum Gasteiger partial charge on any atom is 0.161 e. The molecule has 7 heteroatoms. The number of pyridine rings is 1. The molecule has 0 spiro atoms. The molecule has 4 nitrogen and oxygen atoms in total. The van der Waals surface area contributed by atoms with Crippen LogP contribution in [0.15, 0.2) is 6.07 Å². The Morgan fingerprint density at radius 3 is 2.74 bits per heavy atom. The maximum absolute atomic E-state index is 6.16. The van der Waals surface area contributed by atoms with Crippen molar-refractivity contribution in [3.63, 3.8) is 0 Å². The first-order valence-electron chi connectivity index (χ1n) is 6.26. The molecule has 2 atom stereocenters. The number of nitrogens with two attached hydrogens (primary N) is 1. The van der Waals surface area contributed by atoms with Crippen LogP contribution >= 0.6 is 35.0 Å². The molecule has 0 saturated heterocycles. The van der Waals surface area contributed by atoms with E-state index in [-0.39, 0.29) is 0 Å². The average molecular weight is 321 g/mol. The molecule has 2 unspecified atom stereocenters. The lowest BCUT2D eigenvalue weighted by Crippen LogP contribution is -2.29. The lowest BCUT2D eigenvalue weighted by atomic mass is 9.95. The van der Waals surface area contributed by atoms with Gasteiger partial charge in [-0.25, -0.2) is 10.8 Å². The minimum atomic E-state index is 0.406. The lowest BCUT2D eigenvalue weighted by molar-refractivity contribution is 0.473. The summed E-state index contributed by atoms with van der Waals surface area (Å²) < 4.78 is 0. The molecule has 106 valence electrons. The van der Waals surface area contributed by atoms with Gasteiger partial charge in [-0.2, -0.15) is 11.8 Å². The highest BCUT2D eigenvalue weighted by molar-refractivity contribution is 7.99. The summed E-state index contributed by atoms with van der Waals surface area (Å²) >= 11 is 14.1. The van der Waals surface area contributed by atoms with E-state index in [4.69, 9.17) is 29.0 Å². The summed E-state index contributed by atoms with van der Waals surface area (Å²) in [5.74, 6) is 6.46. The highest BCUT2D eigenvalue weighted by Crippen LogP contribution is 2.32. The van der Waals surface area contributed by atoms with Crippen molar-refractivity contribution in [3.05, 3.63) is 16.1 Å². The molecule has 0 bridgehead atoms. The van der Waals surface area contributed by atoms with Crippen LogP contribution in [0.2, 0.25) is 10.0 Å². The fraction of sp³-hybridized carbons (Fsp3) is 0.583. The highest BCUT2D eigenvalue weighted by atomic mass is 35.5. The van der Waals surface area contributed by atoms with Gasteiger partial charge in [-0.1, -0.05) is 29.6 Å². The van der Waals surface area contributed by atoms with Crippen LogP contribution in [0.3, 0.4) is 0 Å². The Balaban J connectivity index is 2.10. The summed E-state index contributed by atoms with van der Waals surface area (Å²) in [6, 6.07) is 2.06. The standard InChI is InChI=1S/C12H18Cl2N4S/c1-19-8-4-2-3-7(5-8)16-11-9(13)6-10(14)12(17-11)18-15/h6-8H,2-5,15H2,1H3,(H2,16,17,18). The predicted molar refractivity (Wildman–Crippen MR) is 85.2 cm³/mol. The molecule has 1 fully saturated rings. The van der Waals surface area contributed by atoms with Gasteiger partial charge in [0.05, 0.1) is 10.0 Å². The van der Waals surface area contributed by atoms with E-state index in [1.54, 1.807) is 6.07 Å². The SMILES string of the molecule is CSC1CCCC(Nc2nc(NN)c(Cl)cc2Cl)C1. The lowest BCUT2D eigenvalue weighted by Gasteiger charge is -2.29. The smallest absolute Gasteiger partial charge is 0.161 e. The van der Waals surface area contributed by atoms with E-state index in [0.717, 1.165) is 12.8 Å². The zero-order valence-corrected chi connectivity index (χ0v) is 13.1. The normalized spacial score (nSPS) is 23.2. The van der Waals surface area contributed by atoms with Crippen molar-refractivity contribution < 1.29 is 0 Å². The second-order valence-electron chi connectivity index (χ2n) is 4.66. The molecule has 4 N–H and O–H groups in total. The minimum Gasteiger partial charge on any atom is -0.366 e. The third kappa shape index (κ3) is 3.81. The van der Waals surface area contributed by atoms with Gasteiger partial charge in [0, 0.05) is 11.3 Å². The molecule has 0 amide bonds. The molecule has 0 aromatic carbocycles. The molecule has 1 aromatic heterocycles. The molecule has 1 aromatic rings. The van der Waals surface area contributed by atoms with Crippen LogP contribution in [0.1, 0.15) is 25.7 Å². The summed E-state index contributed by atoms with van der Waals surface area (Å²) in [4.78, 5) is 4.32. The van der Waals surface area contributed by atoms with Crippen LogP contribution in [0.25, 0.3) is 0 Å². The van der Waals surface area contributed by atoms with Gasteiger partial charge in [-0.15, -0.1) is 0 Å². The monoisotopic (exact) mass is 320 g/mol. The average Bonchev–Trinajstić information content (AvgIpc) is 2.42. The fourth-order valence-corrected chi connectivity index (χ4v) is 3.65. The number of thioether (sulfide) groups is 1. The Labute approximate surface area is 127 Å².